The third-order valence-electron chi connectivity index (χ3n) is 4.00. The number of nitrogens with zero attached hydrogens (tertiary/aromatic N) is 2. The van der Waals surface area contributed by atoms with E-state index in [0.29, 0.717) is 12.6 Å². The number of benzene rings is 1. The molecular formula is C16H22N2O. The van der Waals surface area contributed by atoms with Gasteiger partial charge in [-0.15, -0.1) is 0 Å². The van der Waals surface area contributed by atoms with Gasteiger partial charge in [-0.3, -0.25) is 4.90 Å². The quantitative estimate of drug-likeness (QED) is 0.853. The maximum Gasteiger partial charge on any atom is 0.0839 e. The summed E-state index contributed by atoms with van der Waals surface area (Å²) in [5, 5.41) is 18.6. The molecule has 0 aliphatic heterocycles. The summed E-state index contributed by atoms with van der Waals surface area (Å²) in [6, 6.07) is 12.9. The normalized spacial score (nSPS) is 17.5. The van der Waals surface area contributed by atoms with Crippen LogP contribution < -0.4 is 0 Å². The molecule has 3 heteroatoms. The van der Waals surface area contributed by atoms with Gasteiger partial charge in [-0.05, 0) is 18.4 Å². The van der Waals surface area contributed by atoms with Crippen molar-refractivity contribution in [3.05, 3.63) is 35.9 Å². The number of aliphatic hydroxyl groups excluding tert-OH is 1. The lowest BCUT2D eigenvalue weighted by molar-refractivity contribution is 0.149. The van der Waals surface area contributed by atoms with Crippen LogP contribution >= 0.6 is 0 Å². The van der Waals surface area contributed by atoms with Crippen LogP contribution in [0.1, 0.15) is 37.2 Å². The third-order valence-corrected chi connectivity index (χ3v) is 4.00. The van der Waals surface area contributed by atoms with E-state index in [1.807, 2.05) is 30.3 Å². The molecule has 0 saturated heterocycles. The zero-order valence-electron chi connectivity index (χ0n) is 11.3. The Balaban J connectivity index is 2.04. The minimum atomic E-state index is -0.103. The number of aliphatic hydroxyl groups is 1. The summed E-state index contributed by atoms with van der Waals surface area (Å²) in [6.45, 7) is 1.57. The number of nitriles is 1. The molecule has 1 aromatic rings. The van der Waals surface area contributed by atoms with Gasteiger partial charge in [-0.25, -0.2) is 0 Å². The van der Waals surface area contributed by atoms with E-state index in [4.69, 9.17) is 0 Å². The van der Waals surface area contributed by atoms with Crippen LogP contribution in [0.15, 0.2) is 30.3 Å². The molecule has 1 N–H and O–H groups in total. The van der Waals surface area contributed by atoms with Crippen molar-refractivity contribution in [2.75, 3.05) is 19.7 Å². The summed E-state index contributed by atoms with van der Waals surface area (Å²) >= 11 is 0. The predicted octanol–water partition coefficient (Wildman–Crippen LogP) is 2.53. The van der Waals surface area contributed by atoms with Crippen molar-refractivity contribution >= 4 is 0 Å². The SMILES string of the molecule is N#CC(CN(CCO)C1CCCC1)c1ccccc1. The van der Waals surface area contributed by atoms with Gasteiger partial charge >= 0.3 is 0 Å². The molecule has 3 nitrogen and oxygen atoms in total. The van der Waals surface area contributed by atoms with Gasteiger partial charge in [-0.1, -0.05) is 43.2 Å². The molecular weight excluding hydrogens is 236 g/mol. The summed E-state index contributed by atoms with van der Waals surface area (Å²) in [6.07, 6.45) is 4.95. The number of hydrogen-bond acceptors (Lipinski definition) is 3. The van der Waals surface area contributed by atoms with E-state index in [1.165, 1.54) is 25.7 Å². The van der Waals surface area contributed by atoms with E-state index < -0.39 is 0 Å². The minimum absolute atomic E-state index is 0.103. The average molecular weight is 258 g/mol. The molecule has 1 saturated carbocycles. The van der Waals surface area contributed by atoms with Crippen LogP contribution in [0.25, 0.3) is 0 Å². The van der Waals surface area contributed by atoms with Crippen molar-refractivity contribution in [3.8, 4) is 6.07 Å². The Morgan fingerprint density at radius 3 is 2.53 bits per heavy atom. The van der Waals surface area contributed by atoms with Crippen LogP contribution in [0, 0.1) is 11.3 Å². The fourth-order valence-electron chi connectivity index (χ4n) is 2.96. The van der Waals surface area contributed by atoms with Gasteiger partial charge in [0.1, 0.15) is 0 Å². The van der Waals surface area contributed by atoms with Crippen molar-refractivity contribution in [2.45, 2.75) is 37.6 Å². The Hall–Kier alpha value is -1.37. The second-order valence-electron chi connectivity index (χ2n) is 5.25. The Morgan fingerprint density at radius 1 is 1.26 bits per heavy atom. The van der Waals surface area contributed by atoms with E-state index in [0.717, 1.165) is 12.1 Å². The molecule has 1 unspecified atom stereocenters. The van der Waals surface area contributed by atoms with Gasteiger partial charge in [0.05, 0.1) is 18.6 Å². The average Bonchev–Trinajstić information content (AvgIpc) is 2.98. The van der Waals surface area contributed by atoms with Crippen LogP contribution in [-0.4, -0.2) is 35.7 Å². The standard InChI is InChI=1S/C16H22N2O/c17-12-15(14-6-2-1-3-7-14)13-18(10-11-19)16-8-4-5-9-16/h1-3,6-7,15-16,19H,4-5,8-11,13H2. The summed E-state index contributed by atoms with van der Waals surface area (Å²) < 4.78 is 0. The maximum absolute atomic E-state index is 9.40. The first-order chi connectivity index (χ1) is 9.35. The van der Waals surface area contributed by atoms with Crippen LogP contribution in [-0.2, 0) is 0 Å². The van der Waals surface area contributed by atoms with E-state index >= 15 is 0 Å². The van der Waals surface area contributed by atoms with E-state index in [-0.39, 0.29) is 12.5 Å². The van der Waals surface area contributed by atoms with Crippen LogP contribution in [0.3, 0.4) is 0 Å². The maximum atomic E-state index is 9.40. The van der Waals surface area contributed by atoms with Crippen molar-refractivity contribution in [1.29, 1.82) is 5.26 Å². The first kappa shape index (κ1) is 14.0. The molecule has 0 aromatic heterocycles. The second-order valence-corrected chi connectivity index (χ2v) is 5.25. The highest BCUT2D eigenvalue weighted by molar-refractivity contribution is 5.25. The number of hydrogen-bond donors (Lipinski definition) is 1. The van der Waals surface area contributed by atoms with Crippen LogP contribution in [0.5, 0.6) is 0 Å². The molecule has 19 heavy (non-hydrogen) atoms. The van der Waals surface area contributed by atoms with Gasteiger partial charge in [0.2, 0.25) is 0 Å². The van der Waals surface area contributed by atoms with Crippen molar-refractivity contribution in [2.24, 2.45) is 0 Å². The fraction of sp³-hybridized carbons (Fsp3) is 0.562. The first-order valence-corrected chi connectivity index (χ1v) is 7.14. The Kier molecular flexibility index (Phi) is 5.38. The molecule has 1 aliphatic carbocycles. The molecule has 102 valence electrons. The topological polar surface area (TPSA) is 47.3 Å². The van der Waals surface area contributed by atoms with Gasteiger partial charge in [-0.2, -0.15) is 5.26 Å². The van der Waals surface area contributed by atoms with E-state index in [9.17, 15) is 10.4 Å². The Morgan fingerprint density at radius 2 is 1.95 bits per heavy atom. The summed E-state index contributed by atoms with van der Waals surface area (Å²) in [4.78, 5) is 2.30. The zero-order chi connectivity index (χ0) is 13.5. The largest absolute Gasteiger partial charge is 0.395 e. The lowest BCUT2D eigenvalue weighted by Crippen LogP contribution is -2.38. The molecule has 0 bridgehead atoms. The lowest BCUT2D eigenvalue weighted by atomic mass is 9.99. The van der Waals surface area contributed by atoms with Gasteiger partial charge < -0.3 is 5.11 Å². The Bertz CT molecular complexity index is 407. The predicted molar refractivity (Wildman–Crippen MR) is 75.7 cm³/mol. The molecule has 0 heterocycles. The molecule has 0 radical (unpaired) electrons. The van der Waals surface area contributed by atoms with Crippen molar-refractivity contribution < 1.29 is 5.11 Å². The molecule has 1 aliphatic rings. The molecule has 1 aromatic carbocycles. The van der Waals surface area contributed by atoms with E-state index in [2.05, 4.69) is 11.0 Å². The zero-order valence-corrected chi connectivity index (χ0v) is 11.3. The lowest BCUT2D eigenvalue weighted by Gasteiger charge is -2.29. The molecule has 2 rings (SSSR count). The van der Waals surface area contributed by atoms with Gasteiger partial charge in [0, 0.05) is 19.1 Å². The minimum Gasteiger partial charge on any atom is -0.395 e. The van der Waals surface area contributed by atoms with Crippen molar-refractivity contribution in [3.63, 3.8) is 0 Å². The first-order valence-electron chi connectivity index (χ1n) is 7.14. The highest BCUT2D eigenvalue weighted by Crippen LogP contribution is 2.26. The molecule has 0 spiro atoms. The van der Waals surface area contributed by atoms with Crippen molar-refractivity contribution in [1.82, 2.24) is 4.90 Å². The monoisotopic (exact) mass is 258 g/mol. The molecule has 0 amide bonds. The van der Waals surface area contributed by atoms with Crippen LogP contribution in [0.2, 0.25) is 0 Å². The molecule has 1 atom stereocenters. The highest BCUT2D eigenvalue weighted by atomic mass is 16.3. The van der Waals surface area contributed by atoms with E-state index in [1.54, 1.807) is 0 Å². The highest BCUT2D eigenvalue weighted by Gasteiger charge is 2.25. The Labute approximate surface area is 115 Å². The van der Waals surface area contributed by atoms with Gasteiger partial charge in [0.25, 0.3) is 0 Å². The number of rotatable bonds is 6. The summed E-state index contributed by atoms with van der Waals surface area (Å²) in [5.74, 6) is -0.103. The fourth-order valence-corrected chi connectivity index (χ4v) is 2.96. The summed E-state index contributed by atoms with van der Waals surface area (Å²) in [5.41, 5.74) is 1.07. The smallest absolute Gasteiger partial charge is 0.0839 e. The summed E-state index contributed by atoms with van der Waals surface area (Å²) in [7, 11) is 0. The molecule has 1 fully saturated rings. The third kappa shape index (κ3) is 3.79. The van der Waals surface area contributed by atoms with Crippen LogP contribution in [0.4, 0.5) is 0 Å². The van der Waals surface area contributed by atoms with Gasteiger partial charge in [0.15, 0.2) is 0 Å². The second kappa shape index (κ2) is 7.28.